The third kappa shape index (κ3) is 4.70. The molecule has 2 rings (SSSR count). The number of pyridine rings is 1. The first-order chi connectivity index (χ1) is 10.4. The van der Waals surface area contributed by atoms with Gasteiger partial charge in [0, 0.05) is 24.8 Å². The highest BCUT2D eigenvalue weighted by molar-refractivity contribution is 5.67. The summed E-state index contributed by atoms with van der Waals surface area (Å²) >= 11 is 0. The molecule has 1 N–H and O–H groups in total. The smallest absolute Gasteiger partial charge is 0.407 e. The molecule has 0 spiro atoms. The summed E-state index contributed by atoms with van der Waals surface area (Å²) in [6.07, 6.45) is 3.73. The Balaban J connectivity index is 1.90. The van der Waals surface area contributed by atoms with Crippen LogP contribution in [0.5, 0.6) is 0 Å². The topological polar surface area (TPSA) is 54.5 Å². The van der Waals surface area contributed by atoms with Crippen molar-refractivity contribution in [2.75, 3.05) is 13.1 Å². The van der Waals surface area contributed by atoms with E-state index in [-0.39, 0.29) is 12.1 Å². The van der Waals surface area contributed by atoms with E-state index in [9.17, 15) is 4.79 Å². The van der Waals surface area contributed by atoms with Gasteiger partial charge >= 0.3 is 6.09 Å². The van der Waals surface area contributed by atoms with E-state index in [2.05, 4.69) is 28.2 Å². The number of carbonyl (C=O) groups excluding carboxylic acids is 1. The predicted molar refractivity (Wildman–Crippen MR) is 86.6 cm³/mol. The molecule has 5 heteroatoms. The van der Waals surface area contributed by atoms with Gasteiger partial charge < -0.3 is 10.1 Å². The van der Waals surface area contributed by atoms with Crippen LogP contribution in [0.2, 0.25) is 0 Å². The third-order valence-electron chi connectivity index (χ3n) is 3.92. The highest BCUT2D eigenvalue weighted by Crippen LogP contribution is 2.27. The number of nitrogens with zero attached hydrogens (tertiary/aromatic N) is 2. The molecule has 1 aliphatic rings. The molecule has 1 aromatic heterocycles. The number of rotatable bonds is 4. The van der Waals surface area contributed by atoms with Crippen molar-refractivity contribution in [1.29, 1.82) is 0 Å². The molecule has 0 radical (unpaired) electrons. The lowest BCUT2D eigenvalue weighted by Crippen LogP contribution is -2.43. The summed E-state index contributed by atoms with van der Waals surface area (Å²) < 4.78 is 5.30. The maximum Gasteiger partial charge on any atom is 0.407 e. The van der Waals surface area contributed by atoms with Gasteiger partial charge in [-0.25, -0.2) is 4.79 Å². The monoisotopic (exact) mass is 305 g/mol. The Labute approximate surface area is 133 Å². The highest BCUT2D eigenvalue weighted by Gasteiger charge is 2.30. The summed E-state index contributed by atoms with van der Waals surface area (Å²) in [5.41, 5.74) is 0.618. The molecule has 1 amide bonds. The number of carbonyl (C=O) groups is 1. The molecule has 0 saturated carbocycles. The number of hydrogen-bond donors (Lipinski definition) is 1. The van der Waals surface area contributed by atoms with Crippen molar-refractivity contribution in [3.05, 3.63) is 30.1 Å². The van der Waals surface area contributed by atoms with Crippen molar-refractivity contribution in [1.82, 2.24) is 15.2 Å². The third-order valence-corrected chi connectivity index (χ3v) is 3.92. The van der Waals surface area contributed by atoms with Crippen molar-refractivity contribution in [3.8, 4) is 0 Å². The Hall–Kier alpha value is -1.62. The van der Waals surface area contributed by atoms with Crippen LogP contribution in [-0.4, -0.2) is 40.7 Å². The molecule has 2 atom stereocenters. The first-order valence-electron chi connectivity index (χ1n) is 8.00. The quantitative estimate of drug-likeness (QED) is 0.928. The van der Waals surface area contributed by atoms with Crippen LogP contribution in [0.1, 0.15) is 52.3 Å². The lowest BCUT2D eigenvalue weighted by Gasteiger charge is -2.30. The van der Waals surface area contributed by atoms with Crippen LogP contribution in [0.15, 0.2) is 24.4 Å². The summed E-state index contributed by atoms with van der Waals surface area (Å²) in [5, 5.41) is 2.89. The van der Waals surface area contributed by atoms with Crippen molar-refractivity contribution in [3.63, 3.8) is 0 Å². The first-order valence-corrected chi connectivity index (χ1v) is 8.00. The lowest BCUT2D eigenvalue weighted by molar-refractivity contribution is 0.0507. The number of likely N-dealkylation sites (tertiary alicyclic amines) is 1. The van der Waals surface area contributed by atoms with Crippen molar-refractivity contribution in [2.24, 2.45) is 0 Å². The van der Waals surface area contributed by atoms with E-state index in [4.69, 9.17) is 4.74 Å². The van der Waals surface area contributed by atoms with Crippen molar-refractivity contribution < 1.29 is 9.53 Å². The van der Waals surface area contributed by atoms with Crippen LogP contribution in [0.3, 0.4) is 0 Å². The number of alkyl carbamates (subject to hydrolysis) is 1. The molecule has 0 aliphatic carbocycles. The zero-order valence-corrected chi connectivity index (χ0v) is 14.0. The van der Waals surface area contributed by atoms with Gasteiger partial charge in [0.2, 0.25) is 0 Å². The Morgan fingerprint density at radius 2 is 2.27 bits per heavy atom. The van der Waals surface area contributed by atoms with Gasteiger partial charge in [-0.2, -0.15) is 0 Å². The largest absolute Gasteiger partial charge is 0.444 e. The summed E-state index contributed by atoms with van der Waals surface area (Å²) in [6, 6.07) is 6.60. The van der Waals surface area contributed by atoms with Gasteiger partial charge in [0.15, 0.2) is 0 Å². The van der Waals surface area contributed by atoms with Crippen LogP contribution in [0.4, 0.5) is 4.79 Å². The number of nitrogens with one attached hydrogen (secondary N) is 1. The molecule has 122 valence electrons. The van der Waals surface area contributed by atoms with Crippen LogP contribution >= 0.6 is 0 Å². The van der Waals surface area contributed by atoms with Gasteiger partial charge in [-0.3, -0.25) is 9.88 Å². The fourth-order valence-electron chi connectivity index (χ4n) is 2.90. The standard InChI is InChI=1S/C17H27N3O2/c1-13(15-9-5-6-10-18-15)20-11-7-8-14(20)12-19-16(21)22-17(2,3)4/h5-6,9-10,13-14H,7-8,11-12H2,1-4H3,(H,19,21)/t13-,14-/m1/s1. The van der Waals surface area contributed by atoms with Gasteiger partial charge in [0.25, 0.3) is 0 Å². The van der Waals surface area contributed by atoms with Crippen molar-refractivity contribution in [2.45, 2.75) is 58.2 Å². The maximum atomic E-state index is 11.8. The highest BCUT2D eigenvalue weighted by atomic mass is 16.6. The summed E-state index contributed by atoms with van der Waals surface area (Å²) in [7, 11) is 0. The molecule has 0 unspecified atom stereocenters. The van der Waals surface area contributed by atoms with Crippen molar-refractivity contribution >= 4 is 6.09 Å². The normalized spacial score (nSPS) is 20.6. The molecule has 1 aromatic rings. The van der Waals surface area contributed by atoms with Crippen LogP contribution < -0.4 is 5.32 Å². The minimum absolute atomic E-state index is 0.258. The Kier molecular flexibility index (Phi) is 5.40. The molecule has 1 saturated heterocycles. The Bertz CT molecular complexity index is 484. The van der Waals surface area contributed by atoms with E-state index in [1.54, 1.807) is 0 Å². The molecule has 0 aromatic carbocycles. The second-order valence-corrected chi connectivity index (χ2v) is 6.85. The van der Waals surface area contributed by atoms with Crippen LogP contribution in [0.25, 0.3) is 0 Å². The molecule has 5 nitrogen and oxygen atoms in total. The van der Waals surface area contributed by atoms with Gasteiger partial charge in [0.1, 0.15) is 5.60 Å². The van der Waals surface area contributed by atoms with Crippen LogP contribution in [-0.2, 0) is 4.74 Å². The second kappa shape index (κ2) is 7.09. The van der Waals surface area contributed by atoms with Gasteiger partial charge in [-0.15, -0.1) is 0 Å². The average molecular weight is 305 g/mol. The van der Waals surface area contributed by atoms with E-state index in [0.29, 0.717) is 12.6 Å². The fraction of sp³-hybridized carbons (Fsp3) is 0.647. The Morgan fingerprint density at radius 3 is 2.91 bits per heavy atom. The molecule has 1 aliphatic heterocycles. The molecule has 2 heterocycles. The number of aromatic nitrogens is 1. The zero-order valence-electron chi connectivity index (χ0n) is 14.0. The van der Waals surface area contributed by atoms with Gasteiger partial charge in [-0.1, -0.05) is 6.07 Å². The van der Waals surface area contributed by atoms with E-state index in [1.807, 2.05) is 39.1 Å². The second-order valence-electron chi connectivity index (χ2n) is 6.85. The molecule has 22 heavy (non-hydrogen) atoms. The minimum atomic E-state index is -0.458. The van der Waals surface area contributed by atoms with E-state index in [0.717, 1.165) is 25.1 Å². The minimum Gasteiger partial charge on any atom is -0.444 e. The summed E-state index contributed by atoms with van der Waals surface area (Å²) in [5.74, 6) is 0. The first kappa shape index (κ1) is 16.7. The molecule has 0 bridgehead atoms. The van der Waals surface area contributed by atoms with E-state index < -0.39 is 5.60 Å². The zero-order chi connectivity index (χ0) is 16.2. The average Bonchev–Trinajstić information content (AvgIpc) is 2.92. The molecule has 1 fully saturated rings. The SMILES string of the molecule is C[C@H](c1ccccn1)N1CCC[C@@H]1CNC(=O)OC(C)(C)C. The predicted octanol–water partition coefficient (Wildman–Crippen LogP) is 3.13. The lowest BCUT2D eigenvalue weighted by atomic mass is 10.1. The molecular weight excluding hydrogens is 278 g/mol. The maximum absolute atomic E-state index is 11.8. The number of amides is 1. The summed E-state index contributed by atoms with van der Waals surface area (Å²) in [4.78, 5) is 18.7. The number of hydrogen-bond acceptors (Lipinski definition) is 4. The molecular formula is C17H27N3O2. The fourth-order valence-corrected chi connectivity index (χ4v) is 2.90. The van der Waals surface area contributed by atoms with Crippen LogP contribution in [0, 0.1) is 0 Å². The summed E-state index contributed by atoms with van der Waals surface area (Å²) in [6.45, 7) is 9.45. The van der Waals surface area contributed by atoms with Gasteiger partial charge in [0.05, 0.1) is 5.69 Å². The van der Waals surface area contributed by atoms with E-state index >= 15 is 0 Å². The van der Waals surface area contributed by atoms with E-state index in [1.165, 1.54) is 0 Å². The number of ether oxygens (including phenoxy) is 1. The Morgan fingerprint density at radius 1 is 1.50 bits per heavy atom. The van der Waals surface area contributed by atoms with Gasteiger partial charge in [-0.05, 0) is 59.2 Å².